The number of imidazole rings is 1. The zero-order valence-electron chi connectivity index (χ0n) is 26.4. The summed E-state index contributed by atoms with van der Waals surface area (Å²) < 4.78 is 16.2. The lowest BCUT2D eigenvalue weighted by Gasteiger charge is -2.17. The van der Waals surface area contributed by atoms with Gasteiger partial charge in [-0.15, -0.1) is 0 Å². The second-order valence-corrected chi connectivity index (χ2v) is 13.6. The van der Waals surface area contributed by atoms with Gasteiger partial charge in [-0.05, 0) is 65.7 Å². The van der Waals surface area contributed by atoms with E-state index in [-0.39, 0.29) is 35.4 Å². The van der Waals surface area contributed by atoms with Crippen LogP contribution in [-0.2, 0) is 25.4 Å². The Labute approximate surface area is 294 Å². The van der Waals surface area contributed by atoms with Gasteiger partial charge in [0, 0.05) is 43.9 Å². The summed E-state index contributed by atoms with van der Waals surface area (Å²) >= 11 is 19.4. The zero-order chi connectivity index (χ0) is 34.4. The van der Waals surface area contributed by atoms with E-state index in [4.69, 9.17) is 44.9 Å². The summed E-state index contributed by atoms with van der Waals surface area (Å²) in [5, 5.41) is 0.842. The first-order valence-electron chi connectivity index (χ1n) is 14.4. The van der Waals surface area contributed by atoms with Crippen LogP contribution in [-0.4, -0.2) is 50.1 Å². The number of thiocarbonyl (C=S) groups is 1. The zero-order valence-corrected chi connectivity index (χ0v) is 29.5. The summed E-state index contributed by atoms with van der Waals surface area (Å²) in [6, 6.07) is 17.8. The minimum atomic E-state index is -0.547. The average molecular weight is 724 g/mol. The van der Waals surface area contributed by atoms with Crippen LogP contribution < -0.4 is 30.5 Å². The number of halogens is 2. The molecule has 5 aromatic rings. The third kappa shape index (κ3) is 6.10. The van der Waals surface area contributed by atoms with Gasteiger partial charge < -0.3 is 14.4 Å². The van der Waals surface area contributed by atoms with Crippen LogP contribution in [0, 0.1) is 0 Å². The van der Waals surface area contributed by atoms with Crippen LogP contribution in [0.15, 0.2) is 75.2 Å². The molecule has 1 aliphatic rings. The number of carbonyl (C=O) groups excluding carboxylic acids is 1. The number of anilines is 2. The van der Waals surface area contributed by atoms with E-state index in [1.165, 1.54) is 42.4 Å². The monoisotopic (exact) mass is 722 g/mol. The van der Waals surface area contributed by atoms with Crippen molar-refractivity contribution in [2.24, 2.45) is 14.1 Å². The maximum absolute atomic E-state index is 13.4. The molecule has 1 aliphatic heterocycles. The number of hydrogen-bond donors (Lipinski definition) is 0. The summed E-state index contributed by atoms with van der Waals surface area (Å²) in [5.74, 6) is 0.385. The molecule has 1 saturated heterocycles. The van der Waals surface area contributed by atoms with Gasteiger partial charge in [0.15, 0.2) is 27.0 Å². The van der Waals surface area contributed by atoms with E-state index in [0.29, 0.717) is 41.8 Å². The van der Waals surface area contributed by atoms with Gasteiger partial charge in [-0.2, -0.15) is 4.98 Å². The number of hydrogen-bond acceptors (Lipinski definition) is 9. The van der Waals surface area contributed by atoms with E-state index >= 15 is 0 Å². The summed E-state index contributed by atoms with van der Waals surface area (Å²) in [6.45, 7) is 0.0927. The summed E-state index contributed by atoms with van der Waals surface area (Å²) in [7, 11) is 8.30. The highest BCUT2D eigenvalue weighted by molar-refractivity contribution is 8.27. The van der Waals surface area contributed by atoms with Crippen molar-refractivity contribution in [3.8, 4) is 17.5 Å². The Morgan fingerprint density at radius 3 is 2.35 bits per heavy atom. The van der Waals surface area contributed by atoms with Crippen LogP contribution in [0.3, 0.4) is 0 Å². The molecule has 0 saturated carbocycles. The fraction of sp³-hybridized carbons (Fsp3) is 0.182. The topological polar surface area (TPSA) is 104 Å². The van der Waals surface area contributed by atoms with Crippen molar-refractivity contribution in [3.05, 3.63) is 108 Å². The molecule has 48 heavy (non-hydrogen) atoms. The molecule has 1 amide bonds. The van der Waals surface area contributed by atoms with Crippen molar-refractivity contribution in [2.45, 2.75) is 6.54 Å². The normalized spacial score (nSPS) is 14.0. The first-order chi connectivity index (χ1) is 22.9. The van der Waals surface area contributed by atoms with Crippen molar-refractivity contribution >= 4 is 86.0 Å². The molecule has 0 unspecified atom stereocenters. The minimum absolute atomic E-state index is 0.0292. The number of aromatic nitrogens is 4. The van der Waals surface area contributed by atoms with Crippen LogP contribution in [0.5, 0.6) is 17.5 Å². The molecule has 6 rings (SSSR count). The van der Waals surface area contributed by atoms with Crippen molar-refractivity contribution in [2.75, 3.05) is 31.0 Å². The molecule has 0 N–H and O–H groups in total. The van der Waals surface area contributed by atoms with E-state index in [0.717, 1.165) is 10.3 Å². The van der Waals surface area contributed by atoms with Crippen LogP contribution in [0.4, 0.5) is 11.4 Å². The van der Waals surface area contributed by atoms with Crippen LogP contribution in [0.25, 0.3) is 17.2 Å². The number of fused-ring (bicyclic) bond motifs is 1. The van der Waals surface area contributed by atoms with E-state index in [9.17, 15) is 14.4 Å². The van der Waals surface area contributed by atoms with E-state index in [1.54, 1.807) is 47.0 Å². The largest absolute Gasteiger partial charge is 0.493 e. The standard InChI is InChI=1S/C33H28Cl2N6O5S2/c1-37(2)21-9-11-22(12-10-21)41-29(42)26(48-33(41)47)15-18-6-13-24(25(14-18)45-5)46-31-36-28-27(30(43)39(4)32(44)38(28)3)40(31)17-19-7-8-20(34)16-23(19)35/h6-16H,17H2,1-5H3. The fourth-order valence-corrected chi connectivity index (χ4v) is 6.94. The van der Waals surface area contributed by atoms with Gasteiger partial charge >= 0.3 is 11.7 Å². The van der Waals surface area contributed by atoms with E-state index in [1.807, 2.05) is 43.3 Å². The number of thioether (sulfide) groups is 1. The molecule has 0 aliphatic carbocycles. The van der Waals surface area contributed by atoms with Crippen LogP contribution in [0.2, 0.25) is 10.0 Å². The summed E-state index contributed by atoms with van der Waals surface area (Å²) in [6.07, 6.45) is 1.73. The smallest absolute Gasteiger partial charge is 0.332 e. The molecule has 3 heterocycles. The summed E-state index contributed by atoms with van der Waals surface area (Å²) in [5.41, 5.74) is 2.20. The van der Waals surface area contributed by atoms with Gasteiger partial charge in [0.1, 0.15) is 0 Å². The molecule has 2 aromatic heterocycles. The Morgan fingerprint density at radius 2 is 1.69 bits per heavy atom. The van der Waals surface area contributed by atoms with E-state index < -0.39 is 11.2 Å². The third-order valence-electron chi connectivity index (χ3n) is 7.76. The Bertz CT molecular complexity index is 2280. The molecule has 0 spiro atoms. The summed E-state index contributed by atoms with van der Waals surface area (Å²) in [4.78, 5) is 48.0. The molecule has 0 atom stereocenters. The Morgan fingerprint density at radius 1 is 0.958 bits per heavy atom. The maximum Gasteiger partial charge on any atom is 0.332 e. The first kappa shape index (κ1) is 33.3. The predicted molar refractivity (Wildman–Crippen MR) is 195 cm³/mol. The van der Waals surface area contributed by atoms with Gasteiger partial charge in [0.2, 0.25) is 0 Å². The highest BCUT2D eigenvalue weighted by atomic mass is 35.5. The molecule has 1 fully saturated rings. The SMILES string of the molecule is COc1cc(C=C2SC(=S)N(c3ccc(N(C)C)cc3)C2=O)ccc1Oc1nc2c(c(=O)n(C)c(=O)n2C)n1Cc1ccc(Cl)cc1Cl. The fourth-order valence-electron chi connectivity index (χ4n) is 5.17. The van der Waals surface area contributed by atoms with Crippen molar-refractivity contribution in [3.63, 3.8) is 0 Å². The van der Waals surface area contributed by atoms with Crippen LogP contribution in [0.1, 0.15) is 11.1 Å². The molecule has 15 heteroatoms. The number of methoxy groups -OCH3 is 1. The first-order valence-corrected chi connectivity index (χ1v) is 16.4. The van der Waals surface area contributed by atoms with Gasteiger partial charge in [-0.1, -0.05) is 59.3 Å². The number of ether oxygens (including phenoxy) is 2. The Balaban J connectivity index is 1.35. The number of rotatable bonds is 8. The lowest BCUT2D eigenvalue weighted by Crippen LogP contribution is -2.37. The lowest BCUT2D eigenvalue weighted by atomic mass is 10.1. The second-order valence-electron chi connectivity index (χ2n) is 11.0. The van der Waals surface area contributed by atoms with Crippen molar-refractivity contribution in [1.82, 2.24) is 18.7 Å². The Hall–Kier alpha value is -4.56. The lowest BCUT2D eigenvalue weighted by molar-refractivity contribution is -0.113. The molecule has 0 radical (unpaired) electrons. The third-order valence-corrected chi connectivity index (χ3v) is 9.65. The Kier molecular flexibility index (Phi) is 9.14. The number of nitrogens with zero attached hydrogens (tertiary/aromatic N) is 6. The van der Waals surface area contributed by atoms with Crippen molar-refractivity contribution < 1.29 is 14.3 Å². The highest BCUT2D eigenvalue weighted by Crippen LogP contribution is 2.39. The molecular weight excluding hydrogens is 695 g/mol. The molecule has 11 nitrogen and oxygen atoms in total. The van der Waals surface area contributed by atoms with Crippen LogP contribution >= 0.6 is 47.2 Å². The quantitative estimate of drug-likeness (QED) is 0.140. The van der Waals surface area contributed by atoms with Gasteiger partial charge in [-0.3, -0.25) is 28.2 Å². The molecular formula is C33H28Cl2N6O5S2. The van der Waals surface area contributed by atoms with Gasteiger partial charge in [-0.25, -0.2) is 4.79 Å². The average Bonchev–Trinajstić information content (AvgIpc) is 3.55. The predicted octanol–water partition coefficient (Wildman–Crippen LogP) is 6.06. The number of aryl methyl sites for hydroxylation is 1. The number of amides is 1. The van der Waals surface area contributed by atoms with Crippen molar-refractivity contribution in [1.29, 1.82) is 0 Å². The number of carbonyl (C=O) groups is 1. The van der Waals surface area contributed by atoms with E-state index in [2.05, 4.69) is 4.98 Å². The molecule has 0 bridgehead atoms. The minimum Gasteiger partial charge on any atom is -0.493 e. The molecule has 246 valence electrons. The van der Waals surface area contributed by atoms with Gasteiger partial charge in [0.05, 0.1) is 24.2 Å². The maximum atomic E-state index is 13.4. The second kappa shape index (κ2) is 13.2. The molecule has 3 aromatic carbocycles. The van der Waals surface area contributed by atoms with Gasteiger partial charge in [0.25, 0.3) is 11.5 Å². The highest BCUT2D eigenvalue weighted by Gasteiger charge is 2.33. The number of benzene rings is 3.